The molecule has 2 aromatic carbocycles. The van der Waals surface area contributed by atoms with Gasteiger partial charge in [0.15, 0.2) is 27.8 Å². The van der Waals surface area contributed by atoms with Crippen molar-refractivity contribution < 1.29 is 23.7 Å². The van der Waals surface area contributed by atoms with E-state index in [9.17, 15) is 4.79 Å². The number of hydrogen-bond donors (Lipinski definition) is 0. The second-order valence-electron chi connectivity index (χ2n) is 6.23. The maximum absolute atomic E-state index is 12.8. The van der Waals surface area contributed by atoms with Gasteiger partial charge in [0, 0.05) is 24.2 Å². The van der Waals surface area contributed by atoms with Gasteiger partial charge in [-0.3, -0.25) is 4.79 Å². The number of carbonyl (C=O) groups is 1. The van der Waals surface area contributed by atoms with Crippen molar-refractivity contribution in [2.45, 2.75) is 6.54 Å². The molecule has 1 amide bonds. The van der Waals surface area contributed by atoms with E-state index in [4.69, 9.17) is 18.9 Å². The number of allylic oxidation sites excluding steroid dienone is 1. The van der Waals surface area contributed by atoms with E-state index in [0.29, 0.717) is 53.1 Å². The first kappa shape index (κ1) is 19.1. The minimum atomic E-state index is -0.356. The largest absolute Gasteiger partial charge is 0.493 e. The molecule has 1 aliphatic rings. The molecule has 1 aromatic heterocycles. The molecule has 0 aliphatic carbocycles. The van der Waals surface area contributed by atoms with Gasteiger partial charge in [-0.25, -0.2) is 0 Å². The first-order valence-corrected chi connectivity index (χ1v) is 9.81. The van der Waals surface area contributed by atoms with E-state index < -0.39 is 0 Å². The number of benzene rings is 2. The van der Waals surface area contributed by atoms with Crippen molar-refractivity contribution in [2.75, 3.05) is 27.4 Å². The van der Waals surface area contributed by atoms with Crippen LogP contribution >= 0.6 is 11.3 Å². The fourth-order valence-electron chi connectivity index (χ4n) is 3.12. The maximum atomic E-state index is 12.8. The summed E-state index contributed by atoms with van der Waals surface area (Å²) >= 11 is 1.40. The molecule has 7 nitrogen and oxygen atoms in total. The predicted octanol–water partition coefficient (Wildman–Crippen LogP) is 3.42. The molecule has 0 spiro atoms. The third-order valence-electron chi connectivity index (χ3n) is 4.49. The highest BCUT2D eigenvalue weighted by Crippen LogP contribution is 2.34. The molecule has 0 atom stereocenters. The highest BCUT2D eigenvalue weighted by molar-refractivity contribution is 7.16. The summed E-state index contributed by atoms with van der Waals surface area (Å²) in [6, 6.07) is 8.84. The number of ether oxygens (including phenoxy) is 4. The van der Waals surface area contributed by atoms with Crippen LogP contribution in [0.1, 0.15) is 10.4 Å². The monoisotopic (exact) mass is 412 g/mol. The van der Waals surface area contributed by atoms with Crippen molar-refractivity contribution in [1.29, 1.82) is 0 Å². The SMILES string of the molecule is C=CCn1c(=NC(=O)c2ccc3c(c2)OCCO3)sc2cc(OC)c(OC)cc21. The van der Waals surface area contributed by atoms with Crippen LogP contribution in [-0.4, -0.2) is 37.9 Å². The second kappa shape index (κ2) is 8.00. The molecule has 0 unspecified atom stereocenters. The standard InChI is InChI=1S/C21H20N2O5S/c1-4-7-23-14-11-16(25-2)17(26-3)12-19(14)29-21(23)22-20(24)13-5-6-15-18(10-13)28-9-8-27-15/h4-6,10-12H,1,7-9H2,2-3H3. The number of amides is 1. The summed E-state index contributed by atoms with van der Waals surface area (Å²) in [5.41, 5.74) is 1.33. The summed E-state index contributed by atoms with van der Waals surface area (Å²) in [5.74, 6) is 2.07. The van der Waals surface area contributed by atoms with Gasteiger partial charge in [0.1, 0.15) is 13.2 Å². The second-order valence-corrected chi connectivity index (χ2v) is 7.24. The van der Waals surface area contributed by atoms with E-state index in [1.165, 1.54) is 11.3 Å². The molecule has 1 aliphatic heterocycles. The van der Waals surface area contributed by atoms with Crippen molar-refractivity contribution in [3.05, 3.63) is 53.4 Å². The molecular formula is C21H20N2O5S. The van der Waals surface area contributed by atoms with Crippen LogP contribution in [0.4, 0.5) is 0 Å². The summed E-state index contributed by atoms with van der Waals surface area (Å²) in [4.78, 5) is 17.8. The smallest absolute Gasteiger partial charge is 0.279 e. The van der Waals surface area contributed by atoms with Crippen molar-refractivity contribution >= 4 is 27.5 Å². The Morgan fingerprint density at radius 2 is 1.90 bits per heavy atom. The number of fused-ring (bicyclic) bond motifs is 2. The lowest BCUT2D eigenvalue weighted by atomic mass is 10.2. The quantitative estimate of drug-likeness (QED) is 0.601. The van der Waals surface area contributed by atoms with Crippen LogP contribution in [0, 0.1) is 0 Å². The van der Waals surface area contributed by atoms with Gasteiger partial charge in [-0.2, -0.15) is 4.99 Å². The average Bonchev–Trinajstić information content (AvgIpc) is 3.08. The van der Waals surface area contributed by atoms with E-state index in [1.54, 1.807) is 38.5 Å². The zero-order chi connectivity index (χ0) is 20.4. The van der Waals surface area contributed by atoms with Crippen molar-refractivity contribution in [2.24, 2.45) is 4.99 Å². The zero-order valence-corrected chi connectivity index (χ0v) is 17.0. The molecule has 0 fully saturated rings. The number of methoxy groups -OCH3 is 2. The maximum Gasteiger partial charge on any atom is 0.279 e. The number of thiazole rings is 1. The van der Waals surface area contributed by atoms with E-state index in [2.05, 4.69) is 11.6 Å². The summed E-state index contributed by atoms with van der Waals surface area (Å²) in [6.07, 6.45) is 1.76. The molecule has 0 N–H and O–H groups in total. The zero-order valence-electron chi connectivity index (χ0n) is 16.1. The highest BCUT2D eigenvalue weighted by Gasteiger charge is 2.16. The number of aromatic nitrogens is 1. The topological polar surface area (TPSA) is 71.3 Å². The van der Waals surface area contributed by atoms with Gasteiger partial charge in [-0.15, -0.1) is 6.58 Å². The molecule has 0 saturated heterocycles. The molecule has 4 rings (SSSR count). The molecule has 2 heterocycles. The van der Waals surface area contributed by atoms with Crippen LogP contribution in [0.5, 0.6) is 23.0 Å². The van der Waals surface area contributed by atoms with Gasteiger partial charge in [0.25, 0.3) is 5.91 Å². The van der Waals surface area contributed by atoms with E-state index in [0.717, 1.165) is 10.2 Å². The van der Waals surface area contributed by atoms with E-state index in [1.807, 2.05) is 16.7 Å². The van der Waals surface area contributed by atoms with Gasteiger partial charge >= 0.3 is 0 Å². The fraction of sp³-hybridized carbons (Fsp3) is 0.238. The Bertz CT molecular complexity index is 1160. The van der Waals surface area contributed by atoms with Crippen LogP contribution in [0.2, 0.25) is 0 Å². The van der Waals surface area contributed by atoms with Crippen LogP contribution in [0.25, 0.3) is 10.2 Å². The number of carbonyl (C=O) groups excluding carboxylic acids is 1. The van der Waals surface area contributed by atoms with Crippen LogP contribution in [0.15, 0.2) is 48.0 Å². The van der Waals surface area contributed by atoms with E-state index in [-0.39, 0.29) is 5.91 Å². The van der Waals surface area contributed by atoms with Gasteiger partial charge in [-0.1, -0.05) is 17.4 Å². The molecule has 0 radical (unpaired) electrons. The van der Waals surface area contributed by atoms with E-state index >= 15 is 0 Å². The molecule has 0 saturated carbocycles. The first-order valence-electron chi connectivity index (χ1n) is 8.99. The minimum Gasteiger partial charge on any atom is -0.493 e. The lowest BCUT2D eigenvalue weighted by molar-refractivity contribution is 0.0996. The Morgan fingerprint density at radius 3 is 2.62 bits per heavy atom. The van der Waals surface area contributed by atoms with Crippen molar-refractivity contribution in [3.63, 3.8) is 0 Å². The summed E-state index contributed by atoms with van der Waals surface area (Å²) in [5, 5.41) is 0. The summed E-state index contributed by atoms with van der Waals surface area (Å²) in [6.45, 7) is 5.28. The normalized spacial score (nSPS) is 13.4. The number of rotatable bonds is 5. The Hall–Kier alpha value is -3.26. The molecule has 29 heavy (non-hydrogen) atoms. The fourth-order valence-corrected chi connectivity index (χ4v) is 4.16. The van der Waals surface area contributed by atoms with Crippen LogP contribution < -0.4 is 23.7 Å². The molecule has 3 aromatic rings. The van der Waals surface area contributed by atoms with Gasteiger partial charge in [0.2, 0.25) is 0 Å². The lowest BCUT2D eigenvalue weighted by Gasteiger charge is -2.18. The van der Waals surface area contributed by atoms with Crippen LogP contribution in [-0.2, 0) is 6.54 Å². The molecule has 8 heteroatoms. The Labute approximate surface area is 171 Å². The minimum absolute atomic E-state index is 0.356. The third kappa shape index (κ3) is 3.58. The Balaban J connectivity index is 1.81. The number of hydrogen-bond acceptors (Lipinski definition) is 6. The molecular weight excluding hydrogens is 392 g/mol. The highest BCUT2D eigenvalue weighted by atomic mass is 32.1. The molecule has 0 bridgehead atoms. The predicted molar refractivity (Wildman–Crippen MR) is 110 cm³/mol. The van der Waals surface area contributed by atoms with Crippen LogP contribution in [0.3, 0.4) is 0 Å². The van der Waals surface area contributed by atoms with Crippen molar-refractivity contribution in [3.8, 4) is 23.0 Å². The summed E-state index contributed by atoms with van der Waals surface area (Å²) < 4.78 is 24.7. The Morgan fingerprint density at radius 1 is 1.17 bits per heavy atom. The van der Waals surface area contributed by atoms with Crippen molar-refractivity contribution in [1.82, 2.24) is 4.57 Å². The van der Waals surface area contributed by atoms with Gasteiger partial charge in [-0.05, 0) is 18.2 Å². The number of nitrogens with zero attached hydrogens (tertiary/aromatic N) is 2. The van der Waals surface area contributed by atoms with Gasteiger partial charge in [0.05, 0.1) is 24.4 Å². The summed E-state index contributed by atoms with van der Waals surface area (Å²) in [7, 11) is 3.18. The third-order valence-corrected chi connectivity index (χ3v) is 5.53. The lowest BCUT2D eigenvalue weighted by Crippen LogP contribution is -2.17. The molecule has 150 valence electrons. The van der Waals surface area contributed by atoms with Gasteiger partial charge < -0.3 is 23.5 Å². The Kier molecular flexibility index (Phi) is 5.26. The average molecular weight is 412 g/mol. The first-order chi connectivity index (χ1) is 14.1.